The lowest BCUT2D eigenvalue weighted by Gasteiger charge is -2.16. The van der Waals surface area contributed by atoms with E-state index in [4.69, 9.17) is 0 Å². The summed E-state index contributed by atoms with van der Waals surface area (Å²) in [7, 11) is 0. The highest BCUT2D eigenvalue weighted by Gasteiger charge is 2.22. The van der Waals surface area contributed by atoms with Gasteiger partial charge in [0, 0.05) is 0 Å². The topological polar surface area (TPSA) is 0 Å². The SMILES string of the molecule is C=C(CC1=CCC=C1C1=Cc2cc(CCCC3CCCC3)ccc2C1)c1c(C)cccc1C. The molecule has 0 N–H and O–H groups in total. The molecule has 33 heavy (non-hydrogen) atoms. The molecule has 2 aromatic rings. The molecule has 0 aromatic heterocycles. The van der Waals surface area contributed by atoms with Gasteiger partial charge in [-0.25, -0.2) is 0 Å². The van der Waals surface area contributed by atoms with Crippen LogP contribution in [0, 0.1) is 19.8 Å². The van der Waals surface area contributed by atoms with Crippen LogP contribution in [0.5, 0.6) is 0 Å². The van der Waals surface area contributed by atoms with Gasteiger partial charge in [-0.1, -0.05) is 93.3 Å². The van der Waals surface area contributed by atoms with Crippen LogP contribution in [0.2, 0.25) is 0 Å². The Morgan fingerprint density at radius 3 is 2.58 bits per heavy atom. The van der Waals surface area contributed by atoms with Crippen molar-refractivity contribution in [2.45, 2.75) is 78.1 Å². The number of allylic oxidation sites excluding steroid dienone is 6. The molecule has 170 valence electrons. The lowest BCUT2D eigenvalue weighted by atomic mass is 9.89. The summed E-state index contributed by atoms with van der Waals surface area (Å²) >= 11 is 0. The van der Waals surface area contributed by atoms with Gasteiger partial charge in [-0.3, -0.25) is 0 Å². The number of aryl methyl sites for hydroxylation is 3. The third kappa shape index (κ3) is 4.86. The standard InChI is InChI=1S/C33H38/c1-23-9-6-10-24(2)33(23)25(3)19-29-15-8-16-32(29)31-21-28-18-17-27(20-30(28)22-31)14-7-13-26-11-4-5-12-26/h6,9-10,15-18,20,22,26H,3-5,7-8,11-14,19,21H2,1-2H3. The monoisotopic (exact) mass is 434 g/mol. The average molecular weight is 435 g/mol. The molecule has 0 heteroatoms. The molecular weight excluding hydrogens is 396 g/mol. The normalized spacial score (nSPS) is 17.7. The van der Waals surface area contributed by atoms with Crippen molar-refractivity contribution in [2.24, 2.45) is 5.92 Å². The van der Waals surface area contributed by atoms with Crippen molar-refractivity contribution in [3.8, 4) is 0 Å². The Morgan fingerprint density at radius 2 is 1.79 bits per heavy atom. The molecule has 0 atom stereocenters. The first kappa shape index (κ1) is 22.2. The van der Waals surface area contributed by atoms with Crippen molar-refractivity contribution in [3.05, 3.63) is 105 Å². The molecule has 1 saturated carbocycles. The van der Waals surface area contributed by atoms with Crippen molar-refractivity contribution < 1.29 is 0 Å². The molecule has 1 fully saturated rings. The van der Waals surface area contributed by atoms with Crippen LogP contribution in [0.15, 0.2) is 71.8 Å². The van der Waals surface area contributed by atoms with E-state index in [0.29, 0.717) is 0 Å². The molecule has 2 aromatic carbocycles. The van der Waals surface area contributed by atoms with E-state index in [9.17, 15) is 0 Å². The fraction of sp³-hybridized carbons (Fsp3) is 0.394. The Hall–Kier alpha value is -2.60. The fourth-order valence-electron chi connectivity index (χ4n) is 6.36. The minimum Gasteiger partial charge on any atom is -0.0949 e. The van der Waals surface area contributed by atoms with Gasteiger partial charge in [-0.2, -0.15) is 0 Å². The molecule has 0 nitrogen and oxygen atoms in total. The zero-order valence-electron chi connectivity index (χ0n) is 20.6. The van der Waals surface area contributed by atoms with Gasteiger partial charge in [-0.15, -0.1) is 0 Å². The maximum Gasteiger partial charge on any atom is -0.00137 e. The highest BCUT2D eigenvalue weighted by molar-refractivity contribution is 5.76. The van der Waals surface area contributed by atoms with Gasteiger partial charge >= 0.3 is 0 Å². The van der Waals surface area contributed by atoms with E-state index in [2.05, 4.69) is 75.1 Å². The van der Waals surface area contributed by atoms with Crippen LogP contribution < -0.4 is 0 Å². The van der Waals surface area contributed by atoms with Gasteiger partial charge < -0.3 is 0 Å². The second-order valence-corrected chi connectivity index (χ2v) is 10.6. The van der Waals surface area contributed by atoms with E-state index in [1.54, 1.807) is 0 Å². The molecule has 3 aliphatic rings. The Balaban J connectivity index is 1.25. The largest absolute Gasteiger partial charge is 0.0949 e. The van der Waals surface area contributed by atoms with Gasteiger partial charge in [0.1, 0.15) is 0 Å². The highest BCUT2D eigenvalue weighted by Crippen LogP contribution is 2.39. The predicted molar refractivity (Wildman–Crippen MR) is 143 cm³/mol. The van der Waals surface area contributed by atoms with E-state index < -0.39 is 0 Å². The molecule has 0 radical (unpaired) electrons. The van der Waals surface area contributed by atoms with Gasteiger partial charge in [0.25, 0.3) is 0 Å². The van der Waals surface area contributed by atoms with Crippen molar-refractivity contribution in [3.63, 3.8) is 0 Å². The van der Waals surface area contributed by atoms with Crippen LogP contribution in [-0.2, 0) is 12.8 Å². The van der Waals surface area contributed by atoms with E-state index in [-0.39, 0.29) is 0 Å². The minimum absolute atomic E-state index is 0.942. The van der Waals surface area contributed by atoms with Gasteiger partial charge in [0.15, 0.2) is 0 Å². The zero-order chi connectivity index (χ0) is 22.8. The maximum atomic E-state index is 4.49. The Bertz CT molecular complexity index is 1120. The van der Waals surface area contributed by atoms with E-state index in [1.165, 1.54) is 101 Å². The van der Waals surface area contributed by atoms with Crippen molar-refractivity contribution >= 4 is 11.6 Å². The lowest BCUT2D eigenvalue weighted by Crippen LogP contribution is -1.97. The zero-order valence-corrected chi connectivity index (χ0v) is 20.6. The Morgan fingerprint density at radius 1 is 1.00 bits per heavy atom. The quantitative estimate of drug-likeness (QED) is 0.388. The summed E-state index contributed by atoms with van der Waals surface area (Å²) in [6, 6.07) is 13.8. The molecule has 5 rings (SSSR count). The summed E-state index contributed by atoms with van der Waals surface area (Å²) in [5.41, 5.74) is 14.1. The van der Waals surface area contributed by atoms with Crippen LogP contribution >= 0.6 is 0 Å². The predicted octanol–water partition coefficient (Wildman–Crippen LogP) is 9.12. The van der Waals surface area contributed by atoms with Crippen LogP contribution in [0.1, 0.15) is 84.7 Å². The number of rotatable bonds is 8. The molecule has 0 saturated heterocycles. The van der Waals surface area contributed by atoms with E-state index in [1.807, 2.05) is 0 Å². The molecule has 0 unspecified atom stereocenters. The Labute approximate surface area is 200 Å². The molecular formula is C33H38. The Kier molecular flexibility index (Phi) is 6.54. The lowest BCUT2D eigenvalue weighted by molar-refractivity contribution is 0.484. The van der Waals surface area contributed by atoms with Gasteiger partial charge in [0.2, 0.25) is 0 Å². The number of hydrogen-bond donors (Lipinski definition) is 0. The van der Waals surface area contributed by atoms with Crippen LogP contribution in [0.4, 0.5) is 0 Å². The van der Waals surface area contributed by atoms with Crippen molar-refractivity contribution in [2.75, 3.05) is 0 Å². The second-order valence-electron chi connectivity index (χ2n) is 10.6. The molecule has 0 bridgehead atoms. The van der Waals surface area contributed by atoms with Crippen molar-refractivity contribution in [1.29, 1.82) is 0 Å². The number of hydrogen-bond acceptors (Lipinski definition) is 0. The second kappa shape index (κ2) is 9.72. The number of benzene rings is 2. The average Bonchev–Trinajstić information content (AvgIpc) is 3.54. The molecule has 0 spiro atoms. The smallest absolute Gasteiger partial charge is 0.00137 e. The molecule has 0 heterocycles. The molecule has 0 amide bonds. The first-order chi connectivity index (χ1) is 16.1. The summed E-state index contributed by atoms with van der Waals surface area (Å²) in [5, 5.41) is 0. The number of fused-ring (bicyclic) bond motifs is 1. The van der Waals surface area contributed by atoms with E-state index >= 15 is 0 Å². The third-order valence-corrected chi connectivity index (χ3v) is 8.09. The molecule has 0 aliphatic heterocycles. The van der Waals surface area contributed by atoms with Crippen LogP contribution in [0.3, 0.4) is 0 Å². The van der Waals surface area contributed by atoms with E-state index in [0.717, 1.165) is 25.2 Å². The fourth-order valence-corrected chi connectivity index (χ4v) is 6.36. The van der Waals surface area contributed by atoms with Crippen LogP contribution in [-0.4, -0.2) is 0 Å². The first-order valence-corrected chi connectivity index (χ1v) is 13.0. The summed E-state index contributed by atoms with van der Waals surface area (Å²) in [4.78, 5) is 0. The van der Waals surface area contributed by atoms with Gasteiger partial charge in [-0.05, 0) is 108 Å². The minimum atomic E-state index is 0.942. The van der Waals surface area contributed by atoms with Gasteiger partial charge in [0.05, 0.1) is 0 Å². The maximum absolute atomic E-state index is 4.49. The van der Waals surface area contributed by atoms with Crippen LogP contribution in [0.25, 0.3) is 11.6 Å². The third-order valence-electron chi connectivity index (χ3n) is 8.09. The summed E-state index contributed by atoms with van der Waals surface area (Å²) in [6.45, 7) is 8.90. The summed E-state index contributed by atoms with van der Waals surface area (Å²) < 4.78 is 0. The highest BCUT2D eigenvalue weighted by atomic mass is 14.3. The summed E-state index contributed by atoms with van der Waals surface area (Å²) in [6.07, 6.45) is 20.2. The first-order valence-electron chi connectivity index (χ1n) is 13.0. The summed E-state index contributed by atoms with van der Waals surface area (Å²) in [5.74, 6) is 1.00. The van der Waals surface area contributed by atoms with Crippen molar-refractivity contribution in [1.82, 2.24) is 0 Å². The molecule has 3 aliphatic carbocycles.